The third kappa shape index (κ3) is 4.82. The molecule has 1 aromatic heterocycles. The number of rotatable bonds is 8. The molecule has 28 heavy (non-hydrogen) atoms. The summed E-state index contributed by atoms with van der Waals surface area (Å²) in [5.41, 5.74) is 2.90. The van der Waals surface area contributed by atoms with Gasteiger partial charge in [-0.1, -0.05) is 55.8 Å². The van der Waals surface area contributed by atoms with Gasteiger partial charge in [0.1, 0.15) is 12.4 Å². The number of nitrogens with zero attached hydrogens (tertiary/aromatic N) is 3. The van der Waals surface area contributed by atoms with Crippen molar-refractivity contribution in [2.45, 2.75) is 33.2 Å². The molecule has 0 N–H and O–H groups in total. The Bertz CT molecular complexity index is 954. The van der Waals surface area contributed by atoms with Gasteiger partial charge in [-0.25, -0.2) is 4.98 Å². The van der Waals surface area contributed by atoms with Gasteiger partial charge in [-0.2, -0.15) is 0 Å². The number of hydrogen-bond acceptors (Lipinski definition) is 2. The van der Waals surface area contributed by atoms with E-state index in [0.717, 1.165) is 48.4 Å². The van der Waals surface area contributed by atoms with Crippen molar-refractivity contribution in [2.24, 2.45) is 0 Å². The van der Waals surface area contributed by atoms with Crippen LogP contribution in [0.3, 0.4) is 0 Å². The zero-order chi connectivity index (χ0) is 19.9. The molecule has 4 nitrogen and oxygen atoms in total. The highest BCUT2D eigenvalue weighted by Crippen LogP contribution is 2.19. The molecule has 146 valence electrons. The Kier molecular flexibility index (Phi) is 6.88. The predicted octanol–water partition coefficient (Wildman–Crippen LogP) is 5.51. The third-order valence-electron chi connectivity index (χ3n) is 4.61. The molecule has 2 aromatic carbocycles. The smallest absolute Gasteiger partial charge is 0.242 e. The van der Waals surface area contributed by atoms with Gasteiger partial charge < -0.3 is 9.47 Å². The highest BCUT2D eigenvalue weighted by Gasteiger charge is 2.16. The fraction of sp³-hybridized carbons (Fsp3) is 0.304. The van der Waals surface area contributed by atoms with E-state index < -0.39 is 0 Å². The number of benzene rings is 2. The molecule has 0 radical (unpaired) electrons. The number of fused-ring (bicyclic) bond motifs is 1. The van der Waals surface area contributed by atoms with E-state index in [1.165, 1.54) is 0 Å². The minimum atomic E-state index is 0.132. The number of halogens is 1. The summed E-state index contributed by atoms with van der Waals surface area (Å²) in [5.74, 6) is 0.908. The Morgan fingerprint density at radius 2 is 1.71 bits per heavy atom. The minimum Gasteiger partial charge on any atom is -0.341 e. The first kappa shape index (κ1) is 20.2. The van der Waals surface area contributed by atoms with Gasteiger partial charge in [-0.3, -0.25) is 4.79 Å². The van der Waals surface area contributed by atoms with E-state index in [4.69, 9.17) is 16.6 Å². The molecule has 5 heteroatoms. The second kappa shape index (κ2) is 9.56. The molecular weight excluding hydrogens is 370 g/mol. The molecule has 0 atom stereocenters. The van der Waals surface area contributed by atoms with Crippen molar-refractivity contribution in [3.8, 4) is 0 Å². The van der Waals surface area contributed by atoms with Crippen molar-refractivity contribution in [1.82, 2.24) is 14.5 Å². The van der Waals surface area contributed by atoms with Crippen molar-refractivity contribution in [3.05, 3.63) is 64.9 Å². The van der Waals surface area contributed by atoms with Crippen LogP contribution in [0.4, 0.5) is 0 Å². The lowest BCUT2D eigenvalue weighted by molar-refractivity contribution is -0.131. The summed E-state index contributed by atoms with van der Waals surface area (Å²) in [6.07, 6.45) is 5.87. The van der Waals surface area contributed by atoms with Crippen LogP contribution in [0.2, 0.25) is 5.02 Å². The summed E-state index contributed by atoms with van der Waals surface area (Å²) in [7, 11) is 0. The first-order valence-corrected chi connectivity index (χ1v) is 10.2. The summed E-state index contributed by atoms with van der Waals surface area (Å²) in [4.78, 5) is 19.6. The van der Waals surface area contributed by atoms with Crippen LogP contribution < -0.4 is 0 Å². The van der Waals surface area contributed by atoms with Gasteiger partial charge in [0.05, 0.1) is 11.0 Å². The van der Waals surface area contributed by atoms with Crippen LogP contribution in [0.1, 0.15) is 38.1 Å². The van der Waals surface area contributed by atoms with Crippen LogP contribution in [0.5, 0.6) is 0 Å². The maximum Gasteiger partial charge on any atom is 0.242 e. The van der Waals surface area contributed by atoms with Crippen molar-refractivity contribution in [2.75, 3.05) is 13.1 Å². The van der Waals surface area contributed by atoms with E-state index in [9.17, 15) is 4.79 Å². The monoisotopic (exact) mass is 395 g/mol. The zero-order valence-corrected chi connectivity index (χ0v) is 17.2. The Hall–Kier alpha value is -2.59. The second-order valence-electron chi connectivity index (χ2n) is 6.81. The Labute approximate surface area is 171 Å². The Morgan fingerprint density at radius 3 is 2.39 bits per heavy atom. The van der Waals surface area contributed by atoms with Crippen molar-refractivity contribution in [1.29, 1.82) is 0 Å². The van der Waals surface area contributed by atoms with E-state index in [-0.39, 0.29) is 5.91 Å². The van der Waals surface area contributed by atoms with Crippen molar-refractivity contribution >= 4 is 40.7 Å². The van der Waals surface area contributed by atoms with Gasteiger partial charge in [0.15, 0.2) is 0 Å². The predicted molar refractivity (Wildman–Crippen MR) is 117 cm³/mol. The molecule has 1 amide bonds. The SMILES string of the molecule is CCCN(CCC)C(=O)Cn1c(/C=C/c2ccc(Cl)cc2)nc2ccccc21. The summed E-state index contributed by atoms with van der Waals surface area (Å²) in [6.45, 7) is 6.07. The van der Waals surface area contributed by atoms with Crippen LogP contribution in [-0.4, -0.2) is 33.4 Å². The van der Waals surface area contributed by atoms with E-state index in [0.29, 0.717) is 11.6 Å². The topological polar surface area (TPSA) is 38.1 Å². The number of para-hydroxylation sites is 2. The number of amides is 1. The molecular formula is C23H26ClN3O. The first-order chi connectivity index (χ1) is 13.6. The maximum absolute atomic E-state index is 12.9. The van der Waals surface area contributed by atoms with E-state index in [1.54, 1.807) is 0 Å². The van der Waals surface area contributed by atoms with Gasteiger partial charge in [-0.15, -0.1) is 0 Å². The zero-order valence-electron chi connectivity index (χ0n) is 16.4. The average molecular weight is 396 g/mol. The van der Waals surface area contributed by atoms with Gasteiger partial charge in [-0.05, 0) is 48.7 Å². The normalized spacial score (nSPS) is 11.4. The van der Waals surface area contributed by atoms with E-state index in [1.807, 2.05) is 70.1 Å². The van der Waals surface area contributed by atoms with E-state index in [2.05, 4.69) is 13.8 Å². The largest absolute Gasteiger partial charge is 0.341 e. The number of carbonyl (C=O) groups is 1. The number of aromatic nitrogens is 2. The lowest BCUT2D eigenvalue weighted by Crippen LogP contribution is -2.35. The molecule has 3 rings (SSSR count). The molecule has 0 bridgehead atoms. The van der Waals surface area contributed by atoms with Crippen LogP contribution in [0.25, 0.3) is 23.2 Å². The third-order valence-corrected chi connectivity index (χ3v) is 4.86. The van der Waals surface area contributed by atoms with Crippen molar-refractivity contribution < 1.29 is 4.79 Å². The summed E-state index contributed by atoms with van der Waals surface area (Å²) < 4.78 is 2.00. The maximum atomic E-state index is 12.9. The average Bonchev–Trinajstić information content (AvgIpc) is 3.05. The molecule has 1 heterocycles. The molecule has 0 unspecified atom stereocenters. The van der Waals surface area contributed by atoms with Crippen LogP contribution in [0.15, 0.2) is 48.5 Å². The van der Waals surface area contributed by atoms with Crippen LogP contribution in [-0.2, 0) is 11.3 Å². The number of imidazole rings is 1. The lowest BCUT2D eigenvalue weighted by atomic mass is 10.2. The fourth-order valence-electron chi connectivity index (χ4n) is 3.27. The molecule has 3 aromatic rings. The van der Waals surface area contributed by atoms with Gasteiger partial charge in [0.25, 0.3) is 0 Å². The molecule has 0 aliphatic carbocycles. The minimum absolute atomic E-state index is 0.132. The molecule has 0 spiro atoms. The van der Waals surface area contributed by atoms with Crippen LogP contribution in [0, 0.1) is 0 Å². The van der Waals surface area contributed by atoms with Gasteiger partial charge >= 0.3 is 0 Å². The standard InChI is InChI=1S/C23H26ClN3O/c1-3-15-26(16-4-2)23(28)17-27-21-8-6-5-7-20(21)25-22(27)14-11-18-9-12-19(24)13-10-18/h5-14H,3-4,15-17H2,1-2H3/b14-11+. The highest BCUT2D eigenvalue weighted by atomic mass is 35.5. The summed E-state index contributed by atoms with van der Waals surface area (Å²) >= 11 is 5.96. The molecule has 0 fully saturated rings. The Morgan fingerprint density at radius 1 is 1.04 bits per heavy atom. The van der Waals surface area contributed by atoms with E-state index >= 15 is 0 Å². The van der Waals surface area contributed by atoms with Crippen LogP contribution >= 0.6 is 11.6 Å². The fourth-order valence-corrected chi connectivity index (χ4v) is 3.39. The molecule has 0 saturated heterocycles. The summed E-state index contributed by atoms with van der Waals surface area (Å²) in [6, 6.07) is 15.6. The van der Waals surface area contributed by atoms with Gasteiger partial charge in [0, 0.05) is 18.1 Å². The highest BCUT2D eigenvalue weighted by molar-refractivity contribution is 6.30. The molecule has 0 aliphatic heterocycles. The quantitative estimate of drug-likeness (QED) is 0.504. The first-order valence-electron chi connectivity index (χ1n) is 9.79. The molecule has 0 saturated carbocycles. The number of hydrogen-bond donors (Lipinski definition) is 0. The number of carbonyl (C=O) groups excluding carboxylic acids is 1. The van der Waals surface area contributed by atoms with Crippen molar-refractivity contribution in [3.63, 3.8) is 0 Å². The lowest BCUT2D eigenvalue weighted by Gasteiger charge is -2.22. The van der Waals surface area contributed by atoms with Gasteiger partial charge in [0.2, 0.25) is 5.91 Å². The Balaban J connectivity index is 1.92. The second-order valence-corrected chi connectivity index (χ2v) is 7.25. The molecule has 0 aliphatic rings. The summed E-state index contributed by atoms with van der Waals surface area (Å²) in [5, 5.41) is 0.710.